The second-order valence-corrected chi connectivity index (χ2v) is 5.38. The monoisotopic (exact) mass is 339 g/mol. The quantitative estimate of drug-likeness (QED) is 0.620. The van der Waals surface area contributed by atoms with Gasteiger partial charge in [0.25, 0.3) is 0 Å². The molecule has 0 atom stereocenters. The lowest BCUT2D eigenvalue weighted by Gasteiger charge is -2.10. The van der Waals surface area contributed by atoms with E-state index in [0.717, 1.165) is 18.9 Å². The number of methoxy groups -OCH3 is 2. The van der Waals surface area contributed by atoms with Crippen LogP contribution < -0.4 is 5.32 Å². The van der Waals surface area contributed by atoms with E-state index in [1.165, 1.54) is 25.3 Å². The maximum absolute atomic E-state index is 11.7. The van der Waals surface area contributed by atoms with Crippen molar-refractivity contribution < 1.29 is 19.1 Å². The van der Waals surface area contributed by atoms with Gasteiger partial charge in [0.2, 0.25) is 0 Å². The van der Waals surface area contributed by atoms with Gasteiger partial charge in [0.1, 0.15) is 5.70 Å². The first-order valence-corrected chi connectivity index (χ1v) is 7.90. The third kappa shape index (κ3) is 5.80. The molecule has 0 unspecified atom stereocenters. The second kappa shape index (κ2) is 9.27. The molecular weight excluding hydrogens is 318 g/mol. The molecule has 2 aromatic rings. The Balaban J connectivity index is 2.01. The summed E-state index contributed by atoms with van der Waals surface area (Å²) in [6, 6.07) is 18.0. The average molecular weight is 339 g/mol. The van der Waals surface area contributed by atoms with E-state index in [4.69, 9.17) is 0 Å². The van der Waals surface area contributed by atoms with E-state index in [-0.39, 0.29) is 5.70 Å². The number of carbonyl (C=O) groups excluding carboxylic acids is 2. The largest absolute Gasteiger partial charge is 0.466 e. The highest BCUT2D eigenvalue weighted by Gasteiger charge is 2.12. The first-order valence-electron chi connectivity index (χ1n) is 7.90. The van der Waals surface area contributed by atoms with Crippen LogP contribution >= 0.6 is 0 Å². The van der Waals surface area contributed by atoms with Gasteiger partial charge in [0, 0.05) is 5.69 Å². The Morgan fingerprint density at radius 1 is 0.880 bits per heavy atom. The summed E-state index contributed by atoms with van der Waals surface area (Å²) in [4.78, 5) is 23.1. The molecule has 25 heavy (non-hydrogen) atoms. The molecule has 0 aromatic heterocycles. The number of benzene rings is 2. The van der Waals surface area contributed by atoms with Gasteiger partial charge >= 0.3 is 11.9 Å². The van der Waals surface area contributed by atoms with E-state index in [0.29, 0.717) is 5.69 Å². The predicted molar refractivity (Wildman–Crippen MR) is 96.0 cm³/mol. The number of aryl methyl sites for hydroxylation is 2. The molecule has 2 aromatic carbocycles. The third-order valence-corrected chi connectivity index (χ3v) is 3.65. The van der Waals surface area contributed by atoms with Crippen LogP contribution in [0.2, 0.25) is 0 Å². The van der Waals surface area contributed by atoms with Crippen molar-refractivity contribution in [2.24, 2.45) is 0 Å². The fourth-order valence-electron chi connectivity index (χ4n) is 2.28. The van der Waals surface area contributed by atoms with E-state index in [1.54, 1.807) is 0 Å². The fourth-order valence-corrected chi connectivity index (χ4v) is 2.28. The molecular formula is C20H21NO4. The summed E-state index contributed by atoms with van der Waals surface area (Å²) in [7, 11) is 2.50. The van der Waals surface area contributed by atoms with Gasteiger partial charge < -0.3 is 14.8 Å². The molecule has 0 aliphatic heterocycles. The lowest BCUT2D eigenvalue weighted by atomic mass is 10.0. The van der Waals surface area contributed by atoms with E-state index in [1.807, 2.05) is 42.5 Å². The Morgan fingerprint density at radius 3 is 2.04 bits per heavy atom. The number of hydrogen-bond donors (Lipinski definition) is 1. The minimum Gasteiger partial charge on any atom is -0.466 e. The molecule has 0 saturated carbocycles. The highest BCUT2D eigenvalue weighted by atomic mass is 16.5. The molecule has 2 rings (SSSR count). The molecule has 0 amide bonds. The Kier molecular flexibility index (Phi) is 6.77. The van der Waals surface area contributed by atoms with Gasteiger partial charge in [-0.05, 0) is 36.1 Å². The zero-order valence-corrected chi connectivity index (χ0v) is 14.3. The topological polar surface area (TPSA) is 64.6 Å². The van der Waals surface area contributed by atoms with Crippen molar-refractivity contribution in [2.75, 3.05) is 19.5 Å². The maximum Gasteiger partial charge on any atom is 0.354 e. The Bertz CT molecular complexity index is 736. The van der Waals surface area contributed by atoms with Crippen LogP contribution in [0.3, 0.4) is 0 Å². The Labute approximate surface area is 147 Å². The van der Waals surface area contributed by atoms with Crippen molar-refractivity contribution in [1.82, 2.24) is 0 Å². The summed E-state index contributed by atoms with van der Waals surface area (Å²) >= 11 is 0. The number of ether oxygens (including phenoxy) is 2. The lowest BCUT2D eigenvalue weighted by Crippen LogP contribution is -2.15. The highest BCUT2D eigenvalue weighted by Crippen LogP contribution is 2.15. The molecule has 1 N–H and O–H groups in total. The molecule has 5 nitrogen and oxygen atoms in total. The summed E-state index contributed by atoms with van der Waals surface area (Å²) in [5.41, 5.74) is 3.18. The molecule has 0 spiro atoms. The van der Waals surface area contributed by atoms with Gasteiger partial charge in [-0.25, -0.2) is 9.59 Å². The van der Waals surface area contributed by atoms with E-state index < -0.39 is 11.9 Å². The smallest absolute Gasteiger partial charge is 0.354 e. The van der Waals surface area contributed by atoms with Crippen molar-refractivity contribution >= 4 is 17.6 Å². The molecule has 0 heterocycles. The van der Waals surface area contributed by atoms with Crippen molar-refractivity contribution in [1.29, 1.82) is 0 Å². The van der Waals surface area contributed by atoms with E-state index in [9.17, 15) is 9.59 Å². The summed E-state index contributed by atoms with van der Waals surface area (Å²) in [5, 5.41) is 2.88. The normalized spacial score (nSPS) is 10.9. The number of esters is 2. The van der Waals surface area contributed by atoms with Gasteiger partial charge in [-0.3, -0.25) is 0 Å². The van der Waals surface area contributed by atoms with Crippen molar-refractivity contribution in [2.45, 2.75) is 12.8 Å². The van der Waals surface area contributed by atoms with Crippen LogP contribution in [0.4, 0.5) is 5.69 Å². The molecule has 0 aliphatic carbocycles. The molecule has 0 fully saturated rings. The maximum atomic E-state index is 11.7. The minimum absolute atomic E-state index is 0.0198. The van der Waals surface area contributed by atoms with Crippen LogP contribution in [0.25, 0.3) is 0 Å². The first kappa shape index (κ1) is 18.3. The summed E-state index contributed by atoms with van der Waals surface area (Å²) < 4.78 is 9.21. The number of hydrogen-bond acceptors (Lipinski definition) is 5. The van der Waals surface area contributed by atoms with Crippen molar-refractivity contribution in [3.05, 3.63) is 77.5 Å². The van der Waals surface area contributed by atoms with Crippen LogP contribution in [-0.2, 0) is 31.9 Å². The number of nitrogens with one attached hydrogen (secondary N) is 1. The SMILES string of the molecule is COC(=O)/C=C(/Nc1ccc(CCc2ccccc2)cc1)C(=O)OC. The van der Waals surface area contributed by atoms with Gasteiger partial charge in [-0.1, -0.05) is 42.5 Å². The Morgan fingerprint density at radius 2 is 1.48 bits per heavy atom. The number of carbonyl (C=O) groups is 2. The van der Waals surface area contributed by atoms with Crippen LogP contribution in [-0.4, -0.2) is 26.2 Å². The Hall–Kier alpha value is -3.08. The van der Waals surface area contributed by atoms with E-state index >= 15 is 0 Å². The van der Waals surface area contributed by atoms with Crippen LogP contribution in [0.15, 0.2) is 66.4 Å². The number of rotatable bonds is 7. The summed E-state index contributed by atoms with van der Waals surface area (Å²) in [6.07, 6.45) is 2.95. The van der Waals surface area contributed by atoms with Crippen LogP contribution in [0, 0.1) is 0 Å². The minimum atomic E-state index is -0.640. The van der Waals surface area contributed by atoms with Crippen LogP contribution in [0.5, 0.6) is 0 Å². The lowest BCUT2D eigenvalue weighted by molar-refractivity contribution is -0.138. The molecule has 0 aliphatic rings. The average Bonchev–Trinajstić information content (AvgIpc) is 2.66. The zero-order chi connectivity index (χ0) is 18.1. The fraction of sp³-hybridized carbons (Fsp3) is 0.200. The summed E-state index contributed by atoms with van der Waals surface area (Å²) in [6.45, 7) is 0. The van der Waals surface area contributed by atoms with Gasteiger partial charge in [0.05, 0.1) is 20.3 Å². The predicted octanol–water partition coefficient (Wildman–Crippen LogP) is 3.11. The molecule has 0 radical (unpaired) electrons. The van der Waals surface area contributed by atoms with Gasteiger partial charge in [-0.2, -0.15) is 0 Å². The summed E-state index contributed by atoms with van der Waals surface area (Å²) in [5.74, 6) is -1.27. The van der Waals surface area contributed by atoms with Gasteiger partial charge in [-0.15, -0.1) is 0 Å². The van der Waals surface area contributed by atoms with Crippen molar-refractivity contribution in [3.63, 3.8) is 0 Å². The van der Waals surface area contributed by atoms with E-state index in [2.05, 4.69) is 26.9 Å². The van der Waals surface area contributed by atoms with Crippen LogP contribution in [0.1, 0.15) is 11.1 Å². The molecule has 5 heteroatoms. The zero-order valence-electron chi connectivity index (χ0n) is 14.3. The molecule has 130 valence electrons. The van der Waals surface area contributed by atoms with Gasteiger partial charge in [0.15, 0.2) is 0 Å². The van der Waals surface area contributed by atoms with Crippen molar-refractivity contribution in [3.8, 4) is 0 Å². The molecule has 0 saturated heterocycles. The standard InChI is InChI=1S/C20H21NO4/c1-24-19(22)14-18(20(23)25-2)21-17-12-10-16(11-13-17)9-8-15-6-4-3-5-7-15/h3-7,10-14,21H,8-9H2,1-2H3/b18-14+. The second-order valence-electron chi connectivity index (χ2n) is 5.38. The highest BCUT2D eigenvalue weighted by molar-refractivity contribution is 5.98. The molecule has 0 bridgehead atoms. The third-order valence-electron chi connectivity index (χ3n) is 3.65. The number of anilines is 1. The first-order chi connectivity index (χ1) is 12.1.